The number of hydrogen-bond donors (Lipinski definition) is 0. The summed E-state index contributed by atoms with van der Waals surface area (Å²) in [6.07, 6.45) is 0. The fourth-order valence-electron chi connectivity index (χ4n) is 1.38. The average molecular weight is 414 g/mol. The van der Waals surface area contributed by atoms with Gasteiger partial charge in [0, 0.05) is 5.75 Å². The molecular formula is C14H17O4P2Rh. The Kier molecular flexibility index (Phi) is 11.3. The first-order valence-corrected chi connectivity index (χ1v) is 6.62. The van der Waals surface area contributed by atoms with E-state index in [4.69, 9.17) is 18.5 Å². The van der Waals surface area contributed by atoms with E-state index >= 15 is 0 Å². The number of methoxy groups -OCH3 is 2. The third-order valence-corrected chi connectivity index (χ3v) is 2.81. The Hall–Kier alpha value is -0.877. The molecule has 2 rings (SSSR count). The fourth-order valence-corrected chi connectivity index (χ4v) is 1.75. The maximum Gasteiger partial charge on any atom is 1.00 e. The molecule has 0 saturated heterocycles. The molecule has 0 aromatic heterocycles. The molecular weight excluding hydrogens is 397 g/mol. The van der Waals surface area contributed by atoms with Crippen LogP contribution in [0.3, 0.4) is 0 Å². The predicted octanol–water partition coefficient (Wildman–Crippen LogP) is 3.53. The van der Waals surface area contributed by atoms with E-state index in [1.807, 2.05) is 36.4 Å². The van der Waals surface area contributed by atoms with Crippen LogP contribution in [-0.2, 0) is 19.5 Å². The van der Waals surface area contributed by atoms with Gasteiger partial charge in [-0.3, -0.25) is 0 Å². The van der Waals surface area contributed by atoms with Crippen molar-refractivity contribution in [2.24, 2.45) is 0 Å². The molecule has 0 amide bonds. The summed E-state index contributed by atoms with van der Waals surface area (Å²) in [5.74, 6) is 2.78. The van der Waals surface area contributed by atoms with Gasteiger partial charge in [0.15, 0.2) is 11.5 Å². The Morgan fingerprint density at radius 2 is 1.38 bits per heavy atom. The van der Waals surface area contributed by atoms with Crippen LogP contribution in [0.4, 0.5) is 0 Å². The van der Waals surface area contributed by atoms with Gasteiger partial charge in [0.2, 0.25) is 0 Å². The van der Waals surface area contributed by atoms with Crippen molar-refractivity contribution in [1.29, 1.82) is 0 Å². The molecule has 0 bridgehead atoms. The van der Waals surface area contributed by atoms with E-state index in [2.05, 4.69) is 25.0 Å². The molecule has 7 heteroatoms. The van der Waals surface area contributed by atoms with E-state index in [1.165, 1.54) is 0 Å². The molecule has 2 unspecified atom stereocenters. The van der Waals surface area contributed by atoms with Crippen LogP contribution >= 0.6 is 18.9 Å². The molecule has 116 valence electrons. The fraction of sp³-hybridized carbons (Fsp3) is 0.143. The molecule has 2 atom stereocenters. The van der Waals surface area contributed by atoms with E-state index in [1.54, 1.807) is 20.3 Å². The molecule has 0 heterocycles. The number of rotatable bonds is 4. The molecule has 2 aromatic carbocycles. The van der Waals surface area contributed by atoms with Crippen molar-refractivity contribution in [3.8, 4) is 23.0 Å². The smallest absolute Gasteiger partial charge is 0.551 e. The van der Waals surface area contributed by atoms with Gasteiger partial charge in [-0.1, -0.05) is 12.1 Å². The van der Waals surface area contributed by atoms with E-state index in [0.29, 0.717) is 11.5 Å². The molecule has 4 nitrogen and oxygen atoms in total. The Bertz CT molecular complexity index is 432. The van der Waals surface area contributed by atoms with Crippen molar-refractivity contribution in [3.63, 3.8) is 0 Å². The van der Waals surface area contributed by atoms with Gasteiger partial charge in [-0.2, -0.15) is 12.1 Å². The maximum absolute atomic E-state index is 5.00. The van der Waals surface area contributed by atoms with Gasteiger partial charge in [-0.15, -0.1) is 12.1 Å². The second kappa shape index (κ2) is 11.7. The van der Waals surface area contributed by atoms with E-state index in [0.717, 1.165) is 11.5 Å². The largest absolute Gasteiger partial charge is 1.00 e. The van der Waals surface area contributed by atoms with Crippen LogP contribution in [0.2, 0.25) is 0 Å². The topological polar surface area (TPSA) is 36.9 Å². The molecule has 0 aliphatic rings. The predicted molar refractivity (Wildman–Crippen MR) is 85.5 cm³/mol. The van der Waals surface area contributed by atoms with Crippen LogP contribution in [0.1, 0.15) is 0 Å². The molecule has 0 fully saturated rings. The molecule has 0 aliphatic heterocycles. The minimum atomic E-state index is 0. The minimum absolute atomic E-state index is 0. The Labute approximate surface area is 142 Å². The summed E-state index contributed by atoms with van der Waals surface area (Å²) in [5.41, 5.74) is 0. The van der Waals surface area contributed by atoms with Crippen molar-refractivity contribution in [2.45, 2.75) is 0 Å². The number of hydrogen-bond acceptors (Lipinski definition) is 4. The van der Waals surface area contributed by atoms with Crippen LogP contribution in [0.25, 0.3) is 0 Å². The summed E-state index contributed by atoms with van der Waals surface area (Å²) < 4.78 is 19.8. The first-order chi connectivity index (χ1) is 9.76. The summed E-state index contributed by atoms with van der Waals surface area (Å²) in [5, 5.41) is 0. The molecule has 21 heavy (non-hydrogen) atoms. The van der Waals surface area contributed by atoms with Crippen LogP contribution in [0.15, 0.2) is 42.5 Å². The summed E-state index contributed by atoms with van der Waals surface area (Å²) in [6, 6.07) is 15.8. The summed E-state index contributed by atoms with van der Waals surface area (Å²) in [4.78, 5) is 0. The normalized spacial score (nSPS) is 8.57. The first kappa shape index (κ1) is 20.1. The second-order valence-electron chi connectivity index (χ2n) is 3.45. The Morgan fingerprint density at radius 3 is 1.81 bits per heavy atom. The molecule has 2 aromatic rings. The summed E-state index contributed by atoms with van der Waals surface area (Å²) >= 11 is 0. The first-order valence-electron chi connectivity index (χ1n) is 5.68. The van der Waals surface area contributed by atoms with Crippen molar-refractivity contribution < 1.29 is 38.0 Å². The quantitative estimate of drug-likeness (QED) is 0.436. The molecule has 0 aliphatic carbocycles. The van der Waals surface area contributed by atoms with Crippen LogP contribution in [0.5, 0.6) is 23.0 Å². The van der Waals surface area contributed by atoms with Gasteiger partial charge in [-0.25, -0.2) is 0 Å². The van der Waals surface area contributed by atoms with Crippen molar-refractivity contribution in [1.82, 2.24) is 0 Å². The second-order valence-corrected chi connectivity index (χ2v) is 3.93. The van der Waals surface area contributed by atoms with E-state index in [-0.39, 0.29) is 19.5 Å². The summed E-state index contributed by atoms with van der Waals surface area (Å²) in [7, 11) is 7.53. The van der Waals surface area contributed by atoms with Gasteiger partial charge in [0.25, 0.3) is 0 Å². The molecule has 0 saturated carbocycles. The monoisotopic (exact) mass is 414 g/mol. The van der Waals surface area contributed by atoms with Crippen LogP contribution < -0.4 is 18.5 Å². The minimum Gasteiger partial charge on any atom is -0.551 e. The van der Waals surface area contributed by atoms with Crippen LogP contribution in [0, 0.1) is 6.07 Å². The zero-order valence-corrected chi connectivity index (χ0v) is 15.6. The maximum atomic E-state index is 5.00. The van der Waals surface area contributed by atoms with E-state index < -0.39 is 0 Å². The van der Waals surface area contributed by atoms with Gasteiger partial charge < -0.3 is 18.5 Å². The summed E-state index contributed by atoms with van der Waals surface area (Å²) in [6.45, 7) is 0. The SMILES string of the molecule is COc1ccc[c-]c1OP.COc1ccccc1OP.[Rh+]. The third kappa shape index (κ3) is 6.61. The van der Waals surface area contributed by atoms with Gasteiger partial charge in [0.1, 0.15) is 0 Å². The zero-order valence-electron chi connectivity index (χ0n) is 11.7. The number of ether oxygens (including phenoxy) is 2. The van der Waals surface area contributed by atoms with Gasteiger partial charge in [0.05, 0.1) is 38.9 Å². The molecule has 0 radical (unpaired) electrons. The number of benzene rings is 2. The Morgan fingerprint density at radius 1 is 0.810 bits per heavy atom. The van der Waals surface area contributed by atoms with Crippen molar-refractivity contribution in [2.75, 3.05) is 14.2 Å². The zero-order chi connectivity index (χ0) is 14.8. The number of para-hydroxylation sites is 3. The standard InChI is InChI=1S/C7H9O2P.C7H8O2P.Rh/c2*1-8-6-4-2-3-5-7(6)9-10;/h2-5H,10H2,1H3;2-4H,10H2,1H3;/q;-1;+1. The molecule has 0 N–H and O–H groups in total. The molecule has 0 spiro atoms. The van der Waals surface area contributed by atoms with Crippen LogP contribution in [-0.4, -0.2) is 14.2 Å². The van der Waals surface area contributed by atoms with E-state index in [9.17, 15) is 0 Å². The van der Waals surface area contributed by atoms with Crippen molar-refractivity contribution >= 4 is 18.9 Å². The third-order valence-electron chi connectivity index (χ3n) is 2.32. The van der Waals surface area contributed by atoms with Gasteiger partial charge in [-0.05, 0) is 12.1 Å². The Balaban J connectivity index is 0.000000364. The average Bonchev–Trinajstić information content (AvgIpc) is 2.55. The van der Waals surface area contributed by atoms with Crippen molar-refractivity contribution in [3.05, 3.63) is 48.5 Å². The van der Waals surface area contributed by atoms with Gasteiger partial charge >= 0.3 is 19.5 Å².